The van der Waals surface area contributed by atoms with Gasteiger partial charge < -0.3 is 24.1 Å². The van der Waals surface area contributed by atoms with Gasteiger partial charge in [0, 0.05) is 11.9 Å². The lowest BCUT2D eigenvalue weighted by Gasteiger charge is -2.26. The monoisotopic (exact) mass is 460 g/mol. The van der Waals surface area contributed by atoms with Gasteiger partial charge in [0.15, 0.2) is 0 Å². The second-order valence-electron chi connectivity index (χ2n) is 10.4. The van der Waals surface area contributed by atoms with Crippen molar-refractivity contribution in [1.82, 2.24) is 9.88 Å². The van der Waals surface area contributed by atoms with Gasteiger partial charge >= 0.3 is 6.09 Å². The molecule has 0 aliphatic heterocycles. The summed E-state index contributed by atoms with van der Waals surface area (Å²) in [5.41, 5.74) is -0.288. The Hall–Kier alpha value is -2.70. The van der Waals surface area contributed by atoms with Crippen LogP contribution in [0.25, 0.3) is 10.8 Å². The molecular formula is C26H40N2O5. The van der Waals surface area contributed by atoms with Crippen molar-refractivity contribution in [3.05, 3.63) is 34.2 Å². The molecule has 0 atom stereocenters. The number of alkyl carbamates (subject to hydrolysis) is 1. The molecule has 1 N–H and O–H groups in total. The minimum absolute atomic E-state index is 0.116. The number of hydrogen-bond acceptors (Lipinski definition) is 5. The van der Waals surface area contributed by atoms with Gasteiger partial charge in [-0.2, -0.15) is 0 Å². The highest BCUT2D eigenvalue weighted by Gasteiger charge is 2.24. The molecule has 0 radical (unpaired) electrons. The van der Waals surface area contributed by atoms with E-state index in [1.165, 1.54) is 0 Å². The molecule has 2 aromatic rings. The molecule has 0 aliphatic carbocycles. The predicted octanol–water partition coefficient (Wildman–Crippen LogP) is 5.65. The molecule has 0 fully saturated rings. The second-order valence-corrected chi connectivity index (χ2v) is 10.4. The van der Waals surface area contributed by atoms with Crippen molar-refractivity contribution in [2.24, 2.45) is 5.41 Å². The average Bonchev–Trinajstić information content (AvgIpc) is 2.68. The zero-order chi connectivity index (χ0) is 24.8. The number of ether oxygens (including phenoxy) is 3. The second kappa shape index (κ2) is 10.9. The highest BCUT2D eigenvalue weighted by atomic mass is 16.6. The van der Waals surface area contributed by atoms with Gasteiger partial charge in [0.2, 0.25) is 0 Å². The van der Waals surface area contributed by atoms with E-state index in [0.717, 1.165) is 12.8 Å². The van der Waals surface area contributed by atoms with Gasteiger partial charge in [0.05, 0.1) is 30.8 Å². The Labute approximate surface area is 197 Å². The average molecular weight is 461 g/mol. The number of nitrogens with zero attached hydrogens (tertiary/aromatic N) is 1. The Morgan fingerprint density at radius 3 is 2.30 bits per heavy atom. The first-order valence-electron chi connectivity index (χ1n) is 11.8. The van der Waals surface area contributed by atoms with Crippen molar-refractivity contribution in [3.63, 3.8) is 0 Å². The van der Waals surface area contributed by atoms with Crippen LogP contribution in [0.2, 0.25) is 0 Å². The number of pyridine rings is 1. The van der Waals surface area contributed by atoms with Gasteiger partial charge in [-0.05, 0) is 57.7 Å². The van der Waals surface area contributed by atoms with E-state index in [1.54, 1.807) is 10.6 Å². The zero-order valence-corrected chi connectivity index (χ0v) is 21.5. The van der Waals surface area contributed by atoms with Gasteiger partial charge in [-0.3, -0.25) is 4.79 Å². The van der Waals surface area contributed by atoms with Crippen LogP contribution in [0, 0.1) is 5.41 Å². The van der Waals surface area contributed by atoms with Crippen molar-refractivity contribution in [2.75, 3.05) is 13.2 Å². The van der Waals surface area contributed by atoms with E-state index in [1.807, 2.05) is 39.8 Å². The molecule has 184 valence electrons. The van der Waals surface area contributed by atoms with Crippen molar-refractivity contribution in [2.45, 2.75) is 86.9 Å². The van der Waals surface area contributed by atoms with E-state index >= 15 is 0 Å². The van der Waals surface area contributed by atoms with Gasteiger partial charge in [0.25, 0.3) is 5.56 Å². The summed E-state index contributed by atoms with van der Waals surface area (Å²) >= 11 is 0. The third-order valence-electron chi connectivity index (χ3n) is 4.79. The van der Waals surface area contributed by atoms with Crippen molar-refractivity contribution in [3.8, 4) is 11.5 Å². The number of rotatable bonds is 9. The molecule has 1 aromatic carbocycles. The van der Waals surface area contributed by atoms with Crippen LogP contribution >= 0.6 is 0 Å². The molecule has 7 heteroatoms. The van der Waals surface area contributed by atoms with Crippen LogP contribution in [0.1, 0.15) is 73.9 Å². The third-order valence-corrected chi connectivity index (χ3v) is 4.79. The van der Waals surface area contributed by atoms with Crippen LogP contribution in [0.5, 0.6) is 11.5 Å². The molecule has 0 saturated carbocycles. The third kappa shape index (κ3) is 7.69. The van der Waals surface area contributed by atoms with Crippen LogP contribution < -0.4 is 20.3 Å². The fourth-order valence-electron chi connectivity index (χ4n) is 3.47. The minimum atomic E-state index is -0.616. The van der Waals surface area contributed by atoms with Gasteiger partial charge in [-0.25, -0.2) is 4.79 Å². The van der Waals surface area contributed by atoms with E-state index in [9.17, 15) is 9.59 Å². The molecule has 0 unspecified atom stereocenters. The van der Waals surface area contributed by atoms with Crippen LogP contribution in [-0.4, -0.2) is 29.5 Å². The quantitative estimate of drug-likeness (QED) is 0.489. The number of amides is 1. The summed E-state index contributed by atoms with van der Waals surface area (Å²) in [6, 6.07) is 5.48. The summed E-state index contributed by atoms with van der Waals surface area (Å²) in [5.74, 6) is 1.25. The fraction of sp³-hybridized carbons (Fsp3) is 0.615. The van der Waals surface area contributed by atoms with Gasteiger partial charge in [-0.15, -0.1) is 0 Å². The number of carbonyl (C=O) groups excluding carboxylic acids is 1. The Morgan fingerprint density at radius 2 is 1.73 bits per heavy atom. The van der Waals surface area contributed by atoms with E-state index in [4.69, 9.17) is 14.2 Å². The summed E-state index contributed by atoms with van der Waals surface area (Å²) in [5, 5.41) is 4.06. The summed E-state index contributed by atoms with van der Waals surface area (Å²) in [7, 11) is 0. The number of aromatic nitrogens is 1. The molecule has 2 rings (SSSR count). The molecule has 0 aliphatic rings. The molecule has 33 heavy (non-hydrogen) atoms. The molecule has 1 amide bonds. The number of unbranched alkanes of at least 4 members (excludes halogenated alkanes) is 1. The van der Waals surface area contributed by atoms with Gasteiger partial charge in [-0.1, -0.05) is 34.1 Å². The molecule has 7 nitrogen and oxygen atoms in total. The van der Waals surface area contributed by atoms with Crippen LogP contribution in [0.3, 0.4) is 0 Å². The maximum Gasteiger partial charge on any atom is 0.407 e. The van der Waals surface area contributed by atoms with E-state index in [0.29, 0.717) is 47.7 Å². The van der Waals surface area contributed by atoms with Crippen molar-refractivity contribution in [1.29, 1.82) is 0 Å². The Kier molecular flexibility index (Phi) is 8.81. The SMILES string of the molecule is CCCCOc1c(CNC(=O)OC(C)(C)C)n(CC(C)(C)C)c(=O)c2cc(OCC)ccc12. The first-order valence-corrected chi connectivity index (χ1v) is 11.8. The Morgan fingerprint density at radius 1 is 1.03 bits per heavy atom. The predicted molar refractivity (Wildman–Crippen MR) is 132 cm³/mol. The highest BCUT2D eigenvalue weighted by Crippen LogP contribution is 2.32. The number of nitrogens with one attached hydrogen (secondary N) is 1. The summed E-state index contributed by atoms with van der Waals surface area (Å²) in [6.45, 7) is 17.3. The lowest BCUT2D eigenvalue weighted by Crippen LogP contribution is -2.36. The summed E-state index contributed by atoms with van der Waals surface area (Å²) in [6.07, 6.45) is 1.33. The molecule has 0 spiro atoms. The number of benzene rings is 1. The molecule has 0 saturated heterocycles. The number of hydrogen-bond donors (Lipinski definition) is 1. The van der Waals surface area contributed by atoms with Crippen molar-refractivity contribution >= 4 is 16.9 Å². The molecule has 1 heterocycles. The number of carbonyl (C=O) groups is 1. The topological polar surface area (TPSA) is 78.8 Å². The molecule has 0 bridgehead atoms. The smallest absolute Gasteiger partial charge is 0.407 e. The number of fused-ring (bicyclic) bond motifs is 1. The summed E-state index contributed by atoms with van der Waals surface area (Å²) in [4.78, 5) is 26.0. The standard InChI is InChI=1S/C26H40N2O5/c1-9-11-14-32-22-19-13-12-18(31-10-2)15-20(19)23(29)28(17-25(3,4)5)21(22)16-27-24(30)33-26(6,7)8/h12-13,15H,9-11,14,16-17H2,1-8H3,(H,27,30). The van der Waals surface area contributed by atoms with E-state index < -0.39 is 11.7 Å². The zero-order valence-electron chi connectivity index (χ0n) is 21.5. The van der Waals surface area contributed by atoms with Crippen LogP contribution in [-0.2, 0) is 17.8 Å². The normalized spacial score (nSPS) is 12.0. The van der Waals surface area contributed by atoms with Crippen LogP contribution in [0.15, 0.2) is 23.0 Å². The Balaban J connectivity index is 2.67. The molecular weight excluding hydrogens is 420 g/mol. The lowest BCUT2D eigenvalue weighted by molar-refractivity contribution is 0.0521. The molecule has 1 aromatic heterocycles. The minimum Gasteiger partial charge on any atom is -0.494 e. The largest absolute Gasteiger partial charge is 0.494 e. The van der Waals surface area contributed by atoms with E-state index in [2.05, 4.69) is 33.0 Å². The maximum absolute atomic E-state index is 13.6. The fourth-order valence-corrected chi connectivity index (χ4v) is 3.47. The van der Waals surface area contributed by atoms with Crippen LogP contribution in [0.4, 0.5) is 4.79 Å². The highest BCUT2D eigenvalue weighted by molar-refractivity contribution is 5.89. The maximum atomic E-state index is 13.6. The van der Waals surface area contributed by atoms with Gasteiger partial charge in [0.1, 0.15) is 17.1 Å². The Bertz CT molecular complexity index is 1010. The summed E-state index contributed by atoms with van der Waals surface area (Å²) < 4.78 is 19.0. The van der Waals surface area contributed by atoms with Crippen molar-refractivity contribution < 1.29 is 19.0 Å². The van der Waals surface area contributed by atoms with E-state index in [-0.39, 0.29) is 17.5 Å². The lowest BCUT2D eigenvalue weighted by atomic mass is 9.96. The first kappa shape index (κ1) is 26.6. The first-order chi connectivity index (χ1) is 15.4.